The summed E-state index contributed by atoms with van der Waals surface area (Å²) in [7, 11) is 0. The van der Waals surface area contributed by atoms with E-state index in [4.69, 9.17) is 0 Å². The highest BCUT2D eigenvalue weighted by Gasteiger charge is 2.09. The molecule has 0 saturated carbocycles. The van der Waals surface area contributed by atoms with Gasteiger partial charge in [0.25, 0.3) is 0 Å². The Morgan fingerprint density at radius 2 is 2.14 bits per heavy atom. The molecule has 0 atom stereocenters. The molecule has 0 aliphatic rings. The summed E-state index contributed by atoms with van der Waals surface area (Å²) < 4.78 is 0. The fourth-order valence-corrected chi connectivity index (χ4v) is 2.18. The van der Waals surface area contributed by atoms with Gasteiger partial charge in [-0.2, -0.15) is 0 Å². The SMILES string of the molecule is CCc1ccc(C(=O)CCC(C)C)s1. The minimum absolute atomic E-state index is 0.309. The van der Waals surface area contributed by atoms with Crippen molar-refractivity contribution in [3.05, 3.63) is 21.9 Å². The van der Waals surface area contributed by atoms with Gasteiger partial charge in [-0.05, 0) is 30.9 Å². The molecule has 0 spiro atoms. The van der Waals surface area contributed by atoms with Gasteiger partial charge in [-0.15, -0.1) is 11.3 Å². The van der Waals surface area contributed by atoms with Gasteiger partial charge in [0.2, 0.25) is 0 Å². The van der Waals surface area contributed by atoms with E-state index in [0.29, 0.717) is 18.1 Å². The van der Waals surface area contributed by atoms with Crippen LogP contribution in [0.4, 0.5) is 0 Å². The molecule has 0 fully saturated rings. The zero-order chi connectivity index (χ0) is 10.6. The molecule has 0 amide bonds. The van der Waals surface area contributed by atoms with E-state index in [2.05, 4.69) is 26.8 Å². The third-order valence-electron chi connectivity index (χ3n) is 2.23. The van der Waals surface area contributed by atoms with Crippen LogP contribution in [-0.4, -0.2) is 5.78 Å². The lowest BCUT2D eigenvalue weighted by atomic mass is 10.1. The summed E-state index contributed by atoms with van der Waals surface area (Å²) in [6.45, 7) is 6.42. The van der Waals surface area contributed by atoms with Gasteiger partial charge in [0, 0.05) is 11.3 Å². The van der Waals surface area contributed by atoms with Crippen LogP contribution in [0.25, 0.3) is 0 Å². The molecular formula is C12H18OS. The summed E-state index contributed by atoms with van der Waals surface area (Å²) in [6.07, 6.45) is 2.72. The van der Waals surface area contributed by atoms with Crippen molar-refractivity contribution < 1.29 is 4.79 Å². The van der Waals surface area contributed by atoms with Crippen LogP contribution >= 0.6 is 11.3 Å². The Kier molecular flexibility index (Phi) is 4.33. The Morgan fingerprint density at radius 1 is 1.43 bits per heavy atom. The number of thiophene rings is 1. The maximum Gasteiger partial charge on any atom is 0.172 e. The van der Waals surface area contributed by atoms with Crippen LogP contribution in [0.2, 0.25) is 0 Å². The molecule has 2 heteroatoms. The number of hydrogen-bond acceptors (Lipinski definition) is 2. The number of rotatable bonds is 5. The fourth-order valence-electron chi connectivity index (χ4n) is 1.26. The van der Waals surface area contributed by atoms with Gasteiger partial charge in [-0.25, -0.2) is 0 Å². The quantitative estimate of drug-likeness (QED) is 0.673. The van der Waals surface area contributed by atoms with Crippen LogP contribution in [0.15, 0.2) is 12.1 Å². The lowest BCUT2D eigenvalue weighted by molar-refractivity contribution is 0.0979. The maximum atomic E-state index is 11.7. The van der Waals surface area contributed by atoms with Gasteiger partial charge in [0.1, 0.15) is 0 Å². The Bertz CT molecular complexity index is 299. The van der Waals surface area contributed by atoms with Crippen molar-refractivity contribution in [2.75, 3.05) is 0 Å². The van der Waals surface area contributed by atoms with E-state index in [-0.39, 0.29) is 0 Å². The standard InChI is InChI=1S/C12H18OS/c1-4-10-6-8-12(14-10)11(13)7-5-9(2)3/h6,8-9H,4-5,7H2,1-3H3. The molecule has 0 radical (unpaired) electrons. The highest BCUT2D eigenvalue weighted by molar-refractivity contribution is 7.14. The summed E-state index contributed by atoms with van der Waals surface area (Å²) in [5.41, 5.74) is 0. The predicted molar refractivity (Wildman–Crippen MR) is 62.1 cm³/mol. The molecule has 14 heavy (non-hydrogen) atoms. The Hall–Kier alpha value is -0.630. The van der Waals surface area contributed by atoms with Crippen molar-refractivity contribution in [3.8, 4) is 0 Å². The normalized spacial score (nSPS) is 10.9. The van der Waals surface area contributed by atoms with E-state index < -0.39 is 0 Å². The monoisotopic (exact) mass is 210 g/mol. The van der Waals surface area contributed by atoms with E-state index in [1.807, 2.05) is 6.07 Å². The predicted octanol–water partition coefficient (Wildman–Crippen LogP) is 3.93. The molecule has 0 aromatic carbocycles. The third-order valence-corrected chi connectivity index (χ3v) is 3.50. The van der Waals surface area contributed by atoms with Crippen molar-refractivity contribution in [2.45, 2.75) is 40.0 Å². The van der Waals surface area contributed by atoms with Gasteiger partial charge in [0.15, 0.2) is 5.78 Å². The number of Topliss-reactive ketones (excluding diaryl/α,β-unsaturated/α-hetero) is 1. The molecule has 0 bridgehead atoms. The van der Waals surface area contributed by atoms with Crippen LogP contribution in [0.1, 0.15) is 48.2 Å². The molecule has 78 valence electrons. The maximum absolute atomic E-state index is 11.7. The highest BCUT2D eigenvalue weighted by atomic mass is 32.1. The van der Waals surface area contributed by atoms with Crippen molar-refractivity contribution in [2.24, 2.45) is 5.92 Å². The average Bonchev–Trinajstić information content (AvgIpc) is 2.62. The molecule has 1 aromatic rings. The zero-order valence-electron chi connectivity index (χ0n) is 9.17. The molecular weight excluding hydrogens is 192 g/mol. The highest BCUT2D eigenvalue weighted by Crippen LogP contribution is 2.19. The second-order valence-electron chi connectivity index (χ2n) is 3.98. The van der Waals surface area contributed by atoms with E-state index >= 15 is 0 Å². The third kappa shape index (κ3) is 3.26. The van der Waals surface area contributed by atoms with Crippen molar-refractivity contribution in [3.63, 3.8) is 0 Å². The van der Waals surface area contributed by atoms with Crippen LogP contribution < -0.4 is 0 Å². The second kappa shape index (κ2) is 5.30. The van der Waals surface area contributed by atoms with Crippen molar-refractivity contribution >= 4 is 17.1 Å². The largest absolute Gasteiger partial charge is 0.293 e. The summed E-state index contributed by atoms with van der Waals surface area (Å²) in [6, 6.07) is 4.03. The first-order valence-electron chi connectivity index (χ1n) is 5.25. The van der Waals surface area contributed by atoms with E-state index in [9.17, 15) is 4.79 Å². The lowest BCUT2D eigenvalue weighted by Gasteiger charge is -2.01. The average molecular weight is 210 g/mol. The first-order chi connectivity index (χ1) is 6.63. The summed E-state index contributed by atoms with van der Waals surface area (Å²) in [5, 5.41) is 0. The first-order valence-corrected chi connectivity index (χ1v) is 6.07. The van der Waals surface area contributed by atoms with E-state index in [1.165, 1.54) is 4.88 Å². The van der Waals surface area contributed by atoms with Crippen LogP contribution in [-0.2, 0) is 6.42 Å². The van der Waals surface area contributed by atoms with Gasteiger partial charge in [-0.3, -0.25) is 4.79 Å². The molecule has 0 aliphatic heterocycles. The smallest absolute Gasteiger partial charge is 0.172 e. The van der Waals surface area contributed by atoms with Gasteiger partial charge >= 0.3 is 0 Å². The molecule has 0 unspecified atom stereocenters. The van der Waals surface area contributed by atoms with Crippen LogP contribution in [0.5, 0.6) is 0 Å². The van der Waals surface area contributed by atoms with Crippen LogP contribution in [0, 0.1) is 5.92 Å². The van der Waals surface area contributed by atoms with Gasteiger partial charge in [0.05, 0.1) is 4.88 Å². The number of carbonyl (C=O) groups excluding carboxylic acids is 1. The molecule has 0 saturated heterocycles. The first kappa shape index (κ1) is 11.4. The topological polar surface area (TPSA) is 17.1 Å². The number of hydrogen-bond donors (Lipinski definition) is 0. The molecule has 0 aliphatic carbocycles. The molecule has 1 heterocycles. The molecule has 1 aromatic heterocycles. The molecule has 0 N–H and O–H groups in total. The summed E-state index contributed by atoms with van der Waals surface area (Å²) in [5.74, 6) is 0.924. The molecule has 1 rings (SSSR count). The minimum atomic E-state index is 0.309. The summed E-state index contributed by atoms with van der Waals surface area (Å²) >= 11 is 1.64. The number of carbonyl (C=O) groups is 1. The van der Waals surface area contributed by atoms with Gasteiger partial charge in [-0.1, -0.05) is 20.8 Å². The lowest BCUT2D eigenvalue weighted by Crippen LogP contribution is -1.98. The fraction of sp³-hybridized carbons (Fsp3) is 0.583. The van der Waals surface area contributed by atoms with Crippen LogP contribution in [0.3, 0.4) is 0 Å². The Labute approximate surface area is 90.2 Å². The zero-order valence-corrected chi connectivity index (χ0v) is 9.99. The second-order valence-corrected chi connectivity index (χ2v) is 5.14. The molecule has 1 nitrogen and oxygen atoms in total. The van der Waals surface area contributed by atoms with Crippen molar-refractivity contribution in [1.29, 1.82) is 0 Å². The van der Waals surface area contributed by atoms with Gasteiger partial charge < -0.3 is 0 Å². The minimum Gasteiger partial charge on any atom is -0.293 e. The summed E-state index contributed by atoms with van der Waals surface area (Å²) in [4.78, 5) is 13.9. The van der Waals surface area contributed by atoms with Crippen molar-refractivity contribution in [1.82, 2.24) is 0 Å². The Morgan fingerprint density at radius 3 is 2.64 bits per heavy atom. The number of ketones is 1. The van der Waals surface area contributed by atoms with E-state index in [1.54, 1.807) is 11.3 Å². The van der Waals surface area contributed by atoms with E-state index in [0.717, 1.165) is 17.7 Å². The number of aryl methyl sites for hydroxylation is 1. The Balaban J connectivity index is 2.52.